The van der Waals surface area contributed by atoms with Crippen LogP contribution in [0, 0.1) is 11.8 Å². The molecule has 1 rings (SSSR count). The number of aliphatic hydroxyl groups is 1. The van der Waals surface area contributed by atoms with Crippen LogP contribution in [0.25, 0.3) is 0 Å². The highest BCUT2D eigenvalue weighted by molar-refractivity contribution is 4.84. The molecular formula is C14H29NO. The molecular weight excluding hydrogens is 198 g/mol. The molecule has 0 amide bonds. The van der Waals surface area contributed by atoms with Crippen LogP contribution in [0.1, 0.15) is 52.4 Å². The molecule has 0 spiro atoms. The molecule has 1 aliphatic carbocycles. The number of hydrogen-bond acceptors (Lipinski definition) is 2. The molecule has 1 fully saturated rings. The average Bonchev–Trinajstić information content (AvgIpc) is 2.65. The van der Waals surface area contributed by atoms with Gasteiger partial charge in [-0.2, -0.15) is 0 Å². The molecule has 0 bridgehead atoms. The van der Waals surface area contributed by atoms with Crippen molar-refractivity contribution >= 4 is 0 Å². The molecule has 0 heterocycles. The van der Waals surface area contributed by atoms with E-state index in [1.165, 1.54) is 25.7 Å². The predicted octanol–water partition coefficient (Wildman–Crippen LogP) is 2.91. The van der Waals surface area contributed by atoms with Gasteiger partial charge in [0.1, 0.15) is 0 Å². The Bertz CT molecular complexity index is 182. The zero-order valence-corrected chi connectivity index (χ0v) is 11.3. The smallest absolute Gasteiger partial charge is 0.0431 e. The van der Waals surface area contributed by atoms with Crippen molar-refractivity contribution in [3.8, 4) is 0 Å². The highest BCUT2D eigenvalue weighted by Gasteiger charge is 2.30. The van der Waals surface area contributed by atoms with E-state index in [-0.39, 0.29) is 0 Å². The first-order valence-electron chi connectivity index (χ1n) is 6.96. The molecule has 16 heavy (non-hydrogen) atoms. The summed E-state index contributed by atoms with van der Waals surface area (Å²) in [6.07, 6.45) is 7.69. The summed E-state index contributed by atoms with van der Waals surface area (Å²) in [5.41, 5.74) is 0. The fraction of sp³-hybridized carbons (Fsp3) is 1.00. The predicted molar refractivity (Wildman–Crippen MR) is 69.5 cm³/mol. The minimum Gasteiger partial charge on any atom is -0.396 e. The molecule has 2 unspecified atom stereocenters. The molecule has 0 radical (unpaired) electrons. The van der Waals surface area contributed by atoms with Crippen LogP contribution < -0.4 is 0 Å². The molecule has 0 aromatic carbocycles. The van der Waals surface area contributed by atoms with E-state index in [0.717, 1.165) is 37.3 Å². The van der Waals surface area contributed by atoms with Crippen molar-refractivity contribution in [3.05, 3.63) is 0 Å². The monoisotopic (exact) mass is 227 g/mol. The highest BCUT2D eigenvalue weighted by Crippen LogP contribution is 2.33. The molecule has 1 N–H and O–H groups in total. The van der Waals surface area contributed by atoms with Crippen molar-refractivity contribution in [2.75, 3.05) is 20.2 Å². The van der Waals surface area contributed by atoms with Crippen molar-refractivity contribution in [2.24, 2.45) is 11.8 Å². The van der Waals surface area contributed by atoms with Gasteiger partial charge in [-0.25, -0.2) is 0 Å². The summed E-state index contributed by atoms with van der Waals surface area (Å²) >= 11 is 0. The summed E-state index contributed by atoms with van der Waals surface area (Å²) in [5, 5.41) is 8.80. The third-order valence-corrected chi connectivity index (χ3v) is 3.88. The van der Waals surface area contributed by atoms with E-state index in [1.54, 1.807) is 0 Å². The van der Waals surface area contributed by atoms with Crippen molar-refractivity contribution in [2.45, 2.75) is 58.4 Å². The lowest BCUT2D eigenvalue weighted by Crippen LogP contribution is -2.35. The van der Waals surface area contributed by atoms with Crippen LogP contribution in [0.3, 0.4) is 0 Å². The van der Waals surface area contributed by atoms with Gasteiger partial charge in [-0.05, 0) is 57.5 Å². The first kappa shape index (κ1) is 14.0. The maximum atomic E-state index is 8.80. The Hall–Kier alpha value is -0.0800. The first-order valence-corrected chi connectivity index (χ1v) is 6.96. The lowest BCUT2D eigenvalue weighted by atomic mass is 9.92. The van der Waals surface area contributed by atoms with Gasteiger partial charge in [-0.15, -0.1) is 0 Å². The second kappa shape index (κ2) is 7.29. The van der Waals surface area contributed by atoms with Gasteiger partial charge in [-0.3, -0.25) is 0 Å². The molecule has 0 saturated heterocycles. The van der Waals surface area contributed by atoms with Crippen LogP contribution in [-0.4, -0.2) is 36.2 Å². The molecule has 1 saturated carbocycles. The van der Waals surface area contributed by atoms with Crippen molar-refractivity contribution in [1.82, 2.24) is 4.90 Å². The Balaban J connectivity index is 2.32. The van der Waals surface area contributed by atoms with Crippen LogP contribution in [0.15, 0.2) is 0 Å². The van der Waals surface area contributed by atoms with Gasteiger partial charge >= 0.3 is 0 Å². The van der Waals surface area contributed by atoms with Crippen LogP contribution in [0.2, 0.25) is 0 Å². The van der Waals surface area contributed by atoms with Gasteiger partial charge in [-0.1, -0.05) is 20.3 Å². The number of unbranched alkanes of at least 4 members (excludes halogenated alkanes) is 1. The molecule has 1 aliphatic rings. The van der Waals surface area contributed by atoms with E-state index in [1.807, 2.05) is 0 Å². The number of aliphatic hydroxyl groups excluding tert-OH is 1. The first-order chi connectivity index (χ1) is 7.65. The maximum Gasteiger partial charge on any atom is 0.0431 e. The fourth-order valence-electron chi connectivity index (χ4n) is 3.12. The highest BCUT2D eigenvalue weighted by atomic mass is 16.2. The van der Waals surface area contributed by atoms with E-state index in [2.05, 4.69) is 25.8 Å². The fourth-order valence-corrected chi connectivity index (χ4v) is 3.12. The summed E-state index contributed by atoms with van der Waals surface area (Å²) in [4.78, 5) is 2.54. The lowest BCUT2D eigenvalue weighted by Gasteiger charge is -2.30. The van der Waals surface area contributed by atoms with E-state index >= 15 is 0 Å². The Kier molecular flexibility index (Phi) is 6.37. The van der Waals surface area contributed by atoms with E-state index in [9.17, 15) is 0 Å². The van der Waals surface area contributed by atoms with Crippen LogP contribution in [-0.2, 0) is 0 Å². The summed E-state index contributed by atoms with van der Waals surface area (Å²) < 4.78 is 0. The zero-order chi connectivity index (χ0) is 12.0. The van der Waals surface area contributed by atoms with Gasteiger partial charge in [0.25, 0.3) is 0 Å². The van der Waals surface area contributed by atoms with Crippen LogP contribution in [0.5, 0.6) is 0 Å². The maximum absolute atomic E-state index is 8.80. The topological polar surface area (TPSA) is 23.5 Å². The third kappa shape index (κ3) is 4.42. The molecule has 96 valence electrons. The molecule has 2 atom stereocenters. The number of nitrogens with zero attached hydrogens (tertiary/aromatic N) is 1. The molecule has 2 nitrogen and oxygen atoms in total. The lowest BCUT2D eigenvalue weighted by molar-refractivity contribution is 0.173. The number of hydrogen-bond donors (Lipinski definition) is 1. The minimum absolute atomic E-state index is 0.341. The molecule has 2 heteroatoms. The van der Waals surface area contributed by atoms with Gasteiger partial charge in [0.2, 0.25) is 0 Å². The van der Waals surface area contributed by atoms with E-state index in [0.29, 0.717) is 6.61 Å². The molecule has 0 aliphatic heterocycles. The molecule has 0 aromatic rings. The van der Waals surface area contributed by atoms with Gasteiger partial charge in [0, 0.05) is 12.6 Å². The van der Waals surface area contributed by atoms with Crippen molar-refractivity contribution in [3.63, 3.8) is 0 Å². The zero-order valence-electron chi connectivity index (χ0n) is 11.3. The SMILES string of the molecule is CC(C)CC1CCCC1N(C)CCCCO. The average molecular weight is 227 g/mol. The summed E-state index contributed by atoms with van der Waals surface area (Å²) in [6.45, 7) is 6.16. The van der Waals surface area contributed by atoms with E-state index < -0.39 is 0 Å². The Morgan fingerprint density at radius 1 is 1.25 bits per heavy atom. The standard InChI is InChI=1S/C14H29NO/c1-12(2)11-13-7-6-8-14(13)15(3)9-4-5-10-16/h12-14,16H,4-11H2,1-3H3. The van der Waals surface area contributed by atoms with Gasteiger partial charge in [0.15, 0.2) is 0 Å². The summed E-state index contributed by atoms with van der Waals surface area (Å²) in [7, 11) is 2.26. The minimum atomic E-state index is 0.341. The normalized spacial score (nSPS) is 25.9. The quantitative estimate of drug-likeness (QED) is 0.676. The number of rotatable bonds is 7. The Labute approximate surface area is 101 Å². The molecule has 0 aromatic heterocycles. The summed E-state index contributed by atoms with van der Waals surface area (Å²) in [6, 6.07) is 0.807. The second-order valence-corrected chi connectivity index (χ2v) is 5.80. The Morgan fingerprint density at radius 3 is 2.62 bits per heavy atom. The van der Waals surface area contributed by atoms with Crippen molar-refractivity contribution in [1.29, 1.82) is 0 Å². The van der Waals surface area contributed by atoms with Crippen molar-refractivity contribution < 1.29 is 5.11 Å². The van der Waals surface area contributed by atoms with E-state index in [4.69, 9.17) is 5.11 Å². The summed E-state index contributed by atoms with van der Waals surface area (Å²) in [5.74, 6) is 1.75. The van der Waals surface area contributed by atoms with Crippen LogP contribution >= 0.6 is 0 Å². The van der Waals surface area contributed by atoms with Crippen LogP contribution in [0.4, 0.5) is 0 Å². The third-order valence-electron chi connectivity index (χ3n) is 3.88. The second-order valence-electron chi connectivity index (χ2n) is 5.80. The Morgan fingerprint density at radius 2 is 2.00 bits per heavy atom. The van der Waals surface area contributed by atoms with Gasteiger partial charge in [0.05, 0.1) is 0 Å². The van der Waals surface area contributed by atoms with Gasteiger partial charge < -0.3 is 10.0 Å². The largest absolute Gasteiger partial charge is 0.396 e.